The molecule has 0 aliphatic rings. The Morgan fingerprint density at radius 1 is 1.59 bits per heavy atom. The lowest BCUT2D eigenvalue weighted by atomic mass is 10.3. The minimum Gasteiger partial charge on any atom is -0.448 e. The first-order chi connectivity index (χ1) is 8.06. The van der Waals surface area contributed by atoms with Crippen LogP contribution in [0.15, 0.2) is 11.4 Å². The van der Waals surface area contributed by atoms with E-state index in [4.69, 9.17) is 10.5 Å². The van der Waals surface area contributed by atoms with Crippen LogP contribution in [0.3, 0.4) is 0 Å². The molecule has 1 aromatic heterocycles. The van der Waals surface area contributed by atoms with E-state index in [2.05, 4.69) is 5.32 Å². The van der Waals surface area contributed by atoms with Gasteiger partial charge in [-0.2, -0.15) is 0 Å². The molecule has 1 amide bonds. The van der Waals surface area contributed by atoms with Crippen LogP contribution in [0.25, 0.3) is 0 Å². The zero-order chi connectivity index (χ0) is 12.8. The van der Waals surface area contributed by atoms with E-state index >= 15 is 0 Å². The van der Waals surface area contributed by atoms with E-state index in [9.17, 15) is 9.59 Å². The number of rotatable bonds is 5. The molecule has 0 aromatic carbocycles. The third kappa shape index (κ3) is 3.74. The first-order valence-electron chi connectivity index (χ1n) is 5.38. The van der Waals surface area contributed by atoms with Crippen molar-refractivity contribution in [2.45, 2.75) is 26.4 Å². The van der Waals surface area contributed by atoms with Gasteiger partial charge in [0.2, 0.25) is 0 Å². The van der Waals surface area contributed by atoms with Crippen molar-refractivity contribution in [3.8, 4) is 0 Å². The Hall–Kier alpha value is -1.56. The normalized spacial score (nSPS) is 11.9. The number of hydrogen-bond donors (Lipinski definition) is 2. The van der Waals surface area contributed by atoms with E-state index in [-0.39, 0.29) is 5.91 Å². The number of thiophene rings is 1. The average molecular weight is 256 g/mol. The molecule has 1 atom stereocenters. The number of nitrogens with one attached hydrogen (secondary N) is 1. The molecule has 0 bridgehead atoms. The van der Waals surface area contributed by atoms with Gasteiger partial charge in [-0.05, 0) is 24.8 Å². The van der Waals surface area contributed by atoms with E-state index in [0.29, 0.717) is 17.1 Å². The van der Waals surface area contributed by atoms with Gasteiger partial charge in [-0.15, -0.1) is 11.3 Å². The standard InChI is InChI=1S/C11H16N2O3S/c1-3-5-13-10(14)7(2)16-11(15)9-8(12)4-6-17-9/h4,6-7H,3,5,12H2,1-2H3,(H,13,14). The van der Waals surface area contributed by atoms with Gasteiger partial charge in [0.1, 0.15) is 4.88 Å². The zero-order valence-electron chi connectivity index (χ0n) is 9.86. The lowest BCUT2D eigenvalue weighted by molar-refractivity contribution is -0.129. The van der Waals surface area contributed by atoms with Crippen LogP contribution in [0.4, 0.5) is 5.69 Å². The molecular formula is C11H16N2O3S. The van der Waals surface area contributed by atoms with Crippen LogP contribution < -0.4 is 11.1 Å². The van der Waals surface area contributed by atoms with Crippen molar-refractivity contribution < 1.29 is 14.3 Å². The highest BCUT2D eigenvalue weighted by Gasteiger charge is 2.20. The van der Waals surface area contributed by atoms with Gasteiger partial charge in [-0.1, -0.05) is 6.92 Å². The lowest BCUT2D eigenvalue weighted by Crippen LogP contribution is -2.36. The minimum absolute atomic E-state index is 0.296. The second-order valence-corrected chi connectivity index (χ2v) is 4.46. The molecule has 0 fully saturated rings. The van der Waals surface area contributed by atoms with Crippen LogP contribution in [0.2, 0.25) is 0 Å². The minimum atomic E-state index is -0.810. The first kappa shape index (κ1) is 13.5. The number of esters is 1. The smallest absolute Gasteiger partial charge is 0.351 e. The maximum atomic E-state index is 11.6. The summed E-state index contributed by atoms with van der Waals surface area (Å²) in [6.07, 6.45) is 0.0279. The van der Waals surface area contributed by atoms with Crippen LogP contribution >= 0.6 is 11.3 Å². The van der Waals surface area contributed by atoms with Crippen molar-refractivity contribution in [3.05, 3.63) is 16.3 Å². The van der Waals surface area contributed by atoms with Crippen LogP contribution in [-0.4, -0.2) is 24.5 Å². The van der Waals surface area contributed by atoms with Crippen LogP contribution in [-0.2, 0) is 9.53 Å². The van der Waals surface area contributed by atoms with Gasteiger partial charge in [0, 0.05) is 6.54 Å². The molecule has 0 saturated heterocycles. The Labute approximate surface area is 104 Å². The summed E-state index contributed by atoms with van der Waals surface area (Å²) in [5.74, 6) is -0.855. The Kier molecular flexibility index (Phi) is 4.96. The van der Waals surface area contributed by atoms with E-state index in [1.165, 1.54) is 18.3 Å². The van der Waals surface area contributed by atoms with Gasteiger partial charge in [-0.3, -0.25) is 4.79 Å². The molecule has 0 aliphatic heterocycles. The number of carbonyl (C=O) groups is 2. The summed E-state index contributed by atoms with van der Waals surface area (Å²) >= 11 is 1.20. The number of anilines is 1. The van der Waals surface area contributed by atoms with Crippen molar-refractivity contribution >= 4 is 28.9 Å². The Morgan fingerprint density at radius 3 is 2.82 bits per heavy atom. The third-order valence-electron chi connectivity index (χ3n) is 2.08. The fourth-order valence-electron chi connectivity index (χ4n) is 1.14. The molecule has 3 N–H and O–H groups in total. The monoisotopic (exact) mass is 256 g/mol. The van der Waals surface area contributed by atoms with Crippen molar-refractivity contribution in [2.75, 3.05) is 12.3 Å². The summed E-state index contributed by atoms with van der Waals surface area (Å²) in [6.45, 7) is 4.05. The molecule has 94 valence electrons. The molecule has 1 heterocycles. The molecule has 0 saturated carbocycles. The van der Waals surface area contributed by atoms with Gasteiger partial charge in [0.05, 0.1) is 5.69 Å². The number of amides is 1. The molecule has 17 heavy (non-hydrogen) atoms. The highest BCUT2D eigenvalue weighted by Crippen LogP contribution is 2.20. The van der Waals surface area contributed by atoms with Gasteiger partial charge >= 0.3 is 5.97 Å². The van der Waals surface area contributed by atoms with Crippen molar-refractivity contribution in [1.82, 2.24) is 5.32 Å². The van der Waals surface area contributed by atoms with Crippen molar-refractivity contribution in [3.63, 3.8) is 0 Å². The topological polar surface area (TPSA) is 81.4 Å². The SMILES string of the molecule is CCCNC(=O)C(C)OC(=O)c1sccc1N. The van der Waals surface area contributed by atoms with Crippen LogP contribution in [0.5, 0.6) is 0 Å². The molecule has 6 heteroatoms. The predicted molar refractivity (Wildman–Crippen MR) is 66.9 cm³/mol. The van der Waals surface area contributed by atoms with E-state index in [1.807, 2.05) is 6.92 Å². The highest BCUT2D eigenvalue weighted by molar-refractivity contribution is 7.12. The first-order valence-corrected chi connectivity index (χ1v) is 6.25. The van der Waals surface area contributed by atoms with Crippen LogP contribution in [0.1, 0.15) is 29.9 Å². The zero-order valence-corrected chi connectivity index (χ0v) is 10.7. The second kappa shape index (κ2) is 6.24. The molecule has 5 nitrogen and oxygen atoms in total. The summed E-state index contributed by atoms with van der Waals surface area (Å²) in [6, 6.07) is 1.63. The molecule has 0 radical (unpaired) electrons. The van der Waals surface area contributed by atoms with Gasteiger partial charge in [0.15, 0.2) is 6.10 Å². The second-order valence-electron chi connectivity index (χ2n) is 3.54. The molecule has 1 aromatic rings. The maximum absolute atomic E-state index is 11.6. The molecular weight excluding hydrogens is 240 g/mol. The number of nitrogen functional groups attached to an aromatic ring is 1. The van der Waals surface area contributed by atoms with Gasteiger partial charge < -0.3 is 15.8 Å². The summed E-state index contributed by atoms with van der Waals surface area (Å²) in [7, 11) is 0. The summed E-state index contributed by atoms with van der Waals surface area (Å²) in [4.78, 5) is 23.5. The Balaban J connectivity index is 2.51. The molecule has 1 rings (SSSR count). The molecule has 0 spiro atoms. The molecule has 1 unspecified atom stereocenters. The van der Waals surface area contributed by atoms with E-state index in [1.54, 1.807) is 11.4 Å². The van der Waals surface area contributed by atoms with Gasteiger partial charge in [-0.25, -0.2) is 4.79 Å². The van der Waals surface area contributed by atoms with Crippen molar-refractivity contribution in [1.29, 1.82) is 0 Å². The van der Waals surface area contributed by atoms with Gasteiger partial charge in [0.25, 0.3) is 5.91 Å². The predicted octanol–water partition coefficient (Wildman–Crippen LogP) is 1.40. The van der Waals surface area contributed by atoms with E-state index in [0.717, 1.165) is 6.42 Å². The number of ether oxygens (including phenoxy) is 1. The Morgan fingerprint density at radius 2 is 2.29 bits per heavy atom. The number of hydrogen-bond acceptors (Lipinski definition) is 5. The summed E-state index contributed by atoms with van der Waals surface area (Å²) in [5, 5.41) is 4.36. The highest BCUT2D eigenvalue weighted by atomic mass is 32.1. The maximum Gasteiger partial charge on any atom is 0.351 e. The van der Waals surface area contributed by atoms with E-state index < -0.39 is 12.1 Å². The lowest BCUT2D eigenvalue weighted by Gasteiger charge is -2.12. The Bertz CT molecular complexity index is 403. The fraction of sp³-hybridized carbons (Fsp3) is 0.455. The quantitative estimate of drug-likeness (QED) is 0.780. The van der Waals surface area contributed by atoms with Crippen LogP contribution in [0, 0.1) is 0 Å². The fourth-order valence-corrected chi connectivity index (χ4v) is 1.84. The number of carbonyl (C=O) groups excluding carboxylic acids is 2. The third-order valence-corrected chi connectivity index (χ3v) is 2.99. The largest absolute Gasteiger partial charge is 0.448 e. The number of nitrogens with two attached hydrogens (primary N) is 1. The van der Waals surface area contributed by atoms with Crippen molar-refractivity contribution in [2.24, 2.45) is 0 Å². The summed E-state index contributed by atoms with van der Waals surface area (Å²) < 4.78 is 5.01. The molecule has 0 aliphatic carbocycles. The average Bonchev–Trinajstić information content (AvgIpc) is 2.72. The summed E-state index contributed by atoms with van der Waals surface area (Å²) in [5.41, 5.74) is 5.96.